The molecule has 0 bridgehead atoms. The third-order valence-electron chi connectivity index (χ3n) is 5.02. The monoisotopic (exact) mass is 355 g/mol. The molecule has 138 valence electrons. The Balaban J connectivity index is 1.59. The molecule has 2 aromatic carbocycles. The summed E-state index contributed by atoms with van der Waals surface area (Å²) in [4.78, 5) is 14.3. The van der Waals surface area contributed by atoms with E-state index in [4.69, 9.17) is 4.74 Å². The summed E-state index contributed by atoms with van der Waals surface area (Å²) in [6.45, 7) is 3.50. The molecule has 3 rings (SSSR count). The van der Waals surface area contributed by atoms with Crippen molar-refractivity contribution in [3.05, 3.63) is 59.4 Å². The van der Waals surface area contributed by atoms with E-state index in [9.17, 15) is 9.18 Å². The average molecular weight is 355 g/mol. The van der Waals surface area contributed by atoms with E-state index in [1.54, 1.807) is 11.0 Å². The predicted molar refractivity (Wildman–Crippen MR) is 102 cm³/mol. The van der Waals surface area contributed by atoms with Crippen LogP contribution in [0.5, 0.6) is 0 Å². The summed E-state index contributed by atoms with van der Waals surface area (Å²) in [6, 6.07) is 12.3. The van der Waals surface area contributed by atoms with Crippen LogP contribution in [0.2, 0.25) is 0 Å². The van der Waals surface area contributed by atoms with Crippen LogP contribution in [0.25, 0.3) is 11.1 Å². The van der Waals surface area contributed by atoms with E-state index in [0.717, 1.165) is 55.5 Å². The van der Waals surface area contributed by atoms with E-state index in [1.165, 1.54) is 12.1 Å². The molecule has 1 amide bonds. The number of hydrogen-bond acceptors (Lipinski definition) is 2. The maximum Gasteiger partial charge on any atom is 0.253 e. The van der Waals surface area contributed by atoms with Crippen LogP contribution >= 0.6 is 0 Å². The first-order chi connectivity index (χ1) is 12.5. The van der Waals surface area contributed by atoms with E-state index in [-0.39, 0.29) is 11.7 Å². The van der Waals surface area contributed by atoms with Crippen molar-refractivity contribution in [1.82, 2.24) is 4.90 Å². The second-order valence-electron chi connectivity index (χ2n) is 7.04. The maximum atomic E-state index is 13.3. The molecular weight excluding hydrogens is 329 g/mol. The van der Waals surface area contributed by atoms with Gasteiger partial charge in [-0.1, -0.05) is 18.2 Å². The van der Waals surface area contributed by atoms with Crippen molar-refractivity contribution < 1.29 is 13.9 Å². The predicted octanol–water partition coefficient (Wildman–Crippen LogP) is 4.83. The lowest BCUT2D eigenvalue weighted by Gasteiger charge is -2.18. The third kappa shape index (κ3) is 4.50. The number of amides is 1. The fraction of sp³-hybridized carbons (Fsp3) is 0.409. The molecule has 0 aromatic heterocycles. The zero-order valence-electron chi connectivity index (χ0n) is 15.5. The zero-order chi connectivity index (χ0) is 18.5. The summed E-state index contributed by atoms with van der Waals surface area (Å²) < 4.78 is 18.9. The highest BCUT2D eigenvalue weighted by molar-refractivity contribution is 5.94. The van der Waals surface area contributed by atoms with Crippen LogP contribution in [0.4, 0.5) is 4.39 Å². The highest BCUT2D eigenvalue weighted by atomic mass is 19.1. The second-order valence-corrected chi connectivity index (χ2v) is 7.04. The minimum absolute atomic E-state index is 0.0275. The Hall–Kier alpha value is -2.20. The van der Waals surface area contributed by atoms with Gasteiger partial charge in [0.1, 0.15) is 5.82 Å². The third-order valence-corrected chi connectivity index (χ3v) is 5.02. The Bertz CT molecular complexity index is 751. The summed E-state index contributed by atoms with van der Waals surface area (Å²) >= 11 is 0. The van der Waals surface area contributed by atoms with Gasteiger partial charge in [-0.05, 0) is 73.6 Å². The Morgan fingerprint density at radius 1 is 1.23 bits per heavy atom. The van der Waals surface area contributed by atoms with Gasteiger partial charge in [-0.25, -0.2) is 4.39 Å². The van der Waals surface area contributed by atoms with Crippen molar-refractivity contribution in [2.75, 3.05) is 20.2 Å². The number of carbonyl (C=O) groups excluding carboxylic acids is 1. The maximum absolute atomic E-state index is 13.3. The highest BCUT2D eigenvalue weighted by Crippen LogP contribution is 2.24. The molecule has 3 nitrogen and oxygen atoms in total. The van der Waals surface area contributed by atoms with Crippen LogP contribution in [-0.4, -0.2) is 37.1 Å². The average Bonchev–Trinajstić information content (AvgIpc) is 3.15. The lowest BCUT2D eigenvalue weighted by molar-refractivity contribution is 0.0763. The van der Waals surface area contributed by atoms with Crippen molar-refractivity contribution >= 4 is 5.91 Å². The van der Waals surface area contributed by atoms with Gasteiger partial charge in [-0.15, -0.1) is 0 Å². The van der Waals surface area contributed by atoms with E-state index >= 15 is 0 Å². The summed E-state index contributed by atoms with van der Waals surface area (Å²) in [5.41, 5.74) is 3.53. The van der Waals surface area contributed by atoms with Crippen molar-refractivity contribution in [2.45, 2.75) is 38.7 Å². The smallest absolute Gasteiger partial charge is 0.253 e. The zero-order valence-corrected chi connectivity index (χ0v) is 15.5. The van der Waals surface area contributed by atoms with Crippen LogP contribution in [0.1, 0.15) is 41.6 Å². The first kappa shape index (κ1) is 18.6. The normalized spacial score (nSPS) is 16.7. The Morgan fingerprint density at radius 3 is 2.65 bits per heavy atom. The molecule has 1 aliphatic rings. The molecule has 1 heterocycles. The number of aryl methyl sites for hydroxylation is 1. The molecule has 2 aromatic rings. The highest BCUT2D eigenvalue weighted by Gasteiger charge is 2.16. The molecule has 1 saturated heterocycles. The Labute approximate surface area is 154 Å². The molecule has 0 spiro atoms. The minimum atomic E-state index is -0.234. The summed E-state index contributed by atoms with van der Waals surface area (Å²) in [6.07, 6.45) is 4.64. The quantitative estimate of drug-likeness (QED) is 0.742. The topological polar surface area (TPSA) is 29.5 Å². The molecule has 1 aliphatic heterocycles. The van der Waals surface area contributed by atoms with Crippen molar-refractivity contribution in [2.24, 2.45) is 0 Å². The van der Waals surface area contributed by atoms with Gasteiger partial charge in [0.2, 0.25) is 0 Å². The van der Waals surface area contributed by atoms with Gasteiger partial charge < -0.3 is 9.64 Å². The van der Waals surface area contributed by atoms with Crippen LogP contribution in [0.15, 0.2) is 42.5 Å². The standard InChI is InChI=1S/C22H26FNO2/c1-16-15-19(23)11-12-21(16)17-7-9-18(10-8-17)22(25)24(2)13-3-5-20-6-4-14-26-20/h7-12,15,20H,3-6,13-14H2,1-2H3/t20-/m0/s1. The van der Waals surface area contributed by atoms with Gasteiger partial charge in [-0.2, -0.15) is 0 Å². The fourth-order valence-electron chi connectivity index (χ4n) is 3.49. The molecule has 4 heteroatoms. The van der Waals surface area contributed by atoms with Crippen molar-refractivity contribution in [3.63, 3.8) is 0 Å². The molecule has 0 saturated carbocycles. The van der Waals surface area contributed by atoms with Crippen LogP contribution in [0.3, 0.4) is 0 Å². The van der Waals surface area contributed by atoms with Crippen molar-refractivity contribution in [3.8, 4) is 11.1 Å². The van der Waals surface area contributed by atoms with Gasteiger partial charge >= 0.3 is 0 Å². The van der Waals surface area contributed by atoms with Gasteiger partial charge in [0, 0.05) is 25.8 Å². The van der Waals surface area contributed by atoms with Crippen LogP contribution in [-0.2, 0) is 4.74 Å². The second kappa shape index (κ2) is 8.45. The lowest BCUT2D eigenvalue weighted by atomic mass is 9.99. The number of rotatable bonds is 6. The van der Waals surface area contributed by atoms with Gasteiger partial charge in [0.05, 0.1) is 6.10 Å². The van der Waals surface area contributed by atoms with E-state index in [2.05, 4.69) is 0 Å². The number of halogens is 1. The molecule has 1 atom stereocenters. The summed E-state index contributed by atoms with van der Waals surface area (Å²) in [5, 5.41) is 0. The Morgan fingerprint density at radius 2 is 2.00 bits per heavy atom. The molecule has 26 heavy (non-hydrogen) atoms. The number of benzene rings is 2. The molecule has 0 unspecified atom stereocenters. The molecule has 0 radical (unpaired) electrons. The molecule has 1 fully saturated rings. The van der Waals surface area contributed by atoms with E-state index in [0.29, 0.717) is 11.7 Å². The first-order valence-electron chi connectivity index (χ1n) is 9.28. The van der Waals surface area contributed by atoms with E-state index in [1.807, 2.05) is 38.2 Å². The Kier molecular flexibility index (Phi) is 6.04. The summed E-state index contributed by atoms with van der Waals surface area (Å²) in [7, 11) is 1.84. The minimum Gasteiger partial charge on any atom is -0.378 e. The SMILES string of the molecule is Cc1cc(F)ccc1-c1ccc(C(=O)N(C)CCC[C@H]2CCCO2)cc1. The number of carbonyl (C=O) groups is 1. The first-order valence-corrected chi connectivity index (χ1v) is 9.28. The van der Waals surface area contributed by atoms with Gasteiger partial charge in [0.15, 0.2) is 0 Å². The lowest BCUT2D eigenvalue weighted by Crippen LogP contribution is -2.28. The van der Waals surface area contributed by atoms with Gasteiger partial charge in [0.25, 0.3) is 5.91 Å². The molecule has 0 aliphatic carbocycles. The van der Waals surface area contributed by atoms with E-state index < -0.39 is 0 Å². The van der Waals surface area contributed by atoms with Crippen molar-refractivity contribution in [1.29, 1.82) is 0 Å². The molecular formula is C22H26FNO2. The van der Waals surface area contributed by atoms with Gasteiger partial charge in [-0.3, -0.25) is 4.79 Å². The fourth-order valence-corrected chi connectivity index (χ4v) is 3.49. The number of ether oxygens (including phenoxy) is 1. The molecule has 0 N–H and O–H groups in total. The van der Waals surface area contributed by atoms with Crippen LogP contribution in [0, 0.1) is 12.7 Å². The number of nitrogens with zero attached hydrogens (tertiary/aromatic N) is 1. The summed E-state index contributed by atoms with van der Waals surface area (Å²) in [5.74, 6) is -0.206. The van der Waals surface area contributed by atoms with Crippen LogP contribution < -0.4 is 0 Å². The largest absolute Gasteiger partial charge is 0.378 e. The number of hydrogen-bond donors (Lipinski definition) is 0.